The number of pyridine rings is 1. The Morgan fingerprint density at radius 3 is 2.60 bits per heavy atom. The van der Waals surface area contributed by atoms with Crippen molar-refractivity contribution < 1.29 is 0 Å². The molecule has 0 aromatic carbocycles. The van der Waals surface area contributed by atoms with Gasteiger partial charge in [-0.3, -0.25) is 14.9 Å². The summed E-state index contributed by atoms with van der Waals surface area (Å²) in [6.07, 6.45) is 3.64. The summed E-state index contributed by atoms with van der Waals surface area (Å²) in [5, 5.41) is 3.32. The van der Waals surface area contributed by atoms with Crippen LogP contribution in [-0.2, 0) is 0 Å². The summed E-state index contributed by atoms with van der Waals surface area (Å²) in [5.74, 6) is 1.06. The lowest BCUT2D eigenvalue weighted by atomic mass is 10.1. The van der Waals surface area contributed by atoms with Crippen LogP contribution >= 0.6 is 0 Å². The molecule has 0 fully saturated rings. The van der Waals surface area contributed by atoms with Gasteiger partial charge in [-0.05, 0) is 31.8 Å². The van der Waals surface area contributed by atoms with Crippen LogP contribution in [0.3, 0.4) is 0 Å². The number of aliphatic imine (C=N–C) groups is 1. The van der Waals surface area contributed by atoms with E-state index >= 15 is 0 Å². The molecule has 4 heteroatoms. The molecule has 0 amide bonds. The Morgan fingerprint density at radius 1 is 1.33 bits per heavy atom. The summed E-state index contributed by atoms with van der Waals surface area (Å²) in [6.45, 7) is 1.83. The molecule has 0 aliphatic carbocycles. The molecule has 1 aromatic rings. The zero-order chi connectivity index (χ0) is 10.7. The number of nitrogens with zero attached hydrogens (tertiary/aromatic N) is 3. The average Bonchev–Trinajstić information content (AvgIpc) is 2.72. The number of rotatable bonds is 3. The second kappa shape index (κ2) is 4.40. The topological polar surface area (TPSA) is 40.5 Å². The van der Waals surface area contributed by atoms with Gasteiger partial charge < -0.3 is 5.32 Å². The van der Waals surface area contributed by atoms with Gasteiger partial charge in [-0.1, -0.05) is 0 Å². The lowest BCUT2D eigenvalue weighted by molar-refractivity contribution is 0.365. The Balaban J connectivity index is 2.28. The third-order valence-corrected chi connectivity index (χ3v) is 2.50. The van der Waals surface area contributed by atoms with Gasteiger partial charge >= 0.3 is 0 Å². The summed E-state index contributed by atoms with van der Waals surface area (Å²) in [6, 6.07) is 4.29. The minimum absolute atomic E-state index is 0.218. The van der Waals surface area contributed by atoms with Gasteiger partial charge in [0.15, 0.2) is 0 Å². The molecule has 0 saturated heterocycles. The maximum Gasteiger partial charge on any atom is 0.119 e. The van der Waals surface area contributed by atoms with E-state index in [2.05, 4.69) is 34.3 Å². The molecule has 0 saturated carbocycles. The minimum Gasteiger partial charge on any atom is -0.370 e. The lowest BCUT2D eigenvalue weighted by Crippen LogP contribution is -2.34. The molecule has 2 rings (SSSR count). The highest BCUT2D eigenvalue weighted by atomic mass is 15.2. The first-order valence-electron chi connectivity index (χ1n) is 5.13. The minimum atomic E-state index is 0.218. The second-order valence-corrected chi connectivity index (χ2v) is 3.84. The normalized spacial score (nSPS) is 17.4. The predicted octanol–water partition coefficient (Wildman–Crippen LogP) is 0.686. The Bertz CT molecular complexity index is 345. The third-order valence-electron chi connectivity index (χ3n) is 2.50. The summed E-state index contributed by atoms with van der Waals surface area (Å²) in [7, 11) is 4.13. The van der Waals surface area contributed by atoms with E-state index in [0.717, 1.165) is 18.9 Å². The molecular weight excluding hydrogens is 188 g/mol. The van der Waals surface area contributed by atoms with Gasteiger partial charge in [-0.2, -0.15) is 0 Å². The first-order chi connectivity index (χ1) is 7.29. The molecule has 0 spiro atoms. The molecule has 4 nitrogen and oxygen atoms in total. The van der Waals surface area contributed by atoms with Crippen LogP contribution in [0.4, 0.5) is 0 Å². The van der Waals surface area contributed by atoms with Crippen molar-refractivity contribution in [2.45, 2.75) is 6.04 Å². The quantitative estimate of drug-likeness (QED) is 0.787. The van der Waals surface area contributed by atoms with Gasteiger partial charge in [0.2, 0.25) is 0 Å². The van der Waals surface area contributed by atoms with Crippen molar-refractivity contribution in [1.82, 2.24) is 15.2 Å². The van der Waals surface area contributed by atoms with E-state index in [1.165, 1.54) is 5.56 Å². The molecule has 15 heavy (non-hydrogen) atoms. The van der Waals surface area contributed by atoms with Crippen molar-refractivity contribution in [2.24, 2.45) is 4.99 Å². The molecule has 1 unspecified atom stereocenters. The molecular formula is C11H16N4. The summed E-state index contributed by atoms with van der Waals surface area (Å²) >= 11 is 0. The van der Waals surface area contributed by atoms with Crippen molar-refractivity contribution in [2.75, 3.05) is 27.2 Å². The van der Waals surface area contributed by atoms with E-state index in [0.29, 0.717) is 0 Å². The summed E-state index contributed by atoms with van der Waals surface area (Å²) < 4.78 is 0. The van der Waals surface area contributed by atoms with E-state index in [-0.39, 0.29) is 6.04 Å². The molecule has 1 N–H and O–H groups in total. The SMILES string of the molecule is CN(C)C(C1=NCCN1)c1ccncc1. The number of amidine groups is 1. The first-order valence-corrected chi connectivity index (χ1v) is 5.13. The molecule has 1 aromatic heterocycles. The molecule has 1 aliphatic heterocycles. The Kier molecular flexibility index (Phi) is 2.97. The van der Waals surface area contributed by atoms with E-state index < -0.39 is 0 Å². The molecule has 1 aliphatic rings. The van der Waals surface area contributed by atoms with E-state index in [9.17, 15) is 0 Å². The number of likely N-dealkylation sites (N-methyl/N-ethyl adjacent to an activating group) is 1. The molecule has 1 atom stereocenters. The number of hydrogen-bond acceptors (Lipinski definition) is 4. The lowest BCUT2D eigenvalue weighted by Gasteiger charge is -2.24. The zero-order valence-electron chi connectivity index (χ0n) is 9.14. The maximum atomic E-state index is 4.48. The van der Waals surface area contributed by atoms with Crippen molar-refractivity contribution in [3.63, 3.8) is 0 Å². The van der Waals surface area contributed by atoms with E-state index in [1.54, 1.807) is 0 Å². The van der Waals surface area contributed by atoms with Crippen LogP contribution in [0.15, 0.2) is 29.5 Å². The van der Waals surface area contributed by atoms with Gasteiger partial charge in [0.05, 0.1) is 12.6 Å². The fourth-order valence-corrected chi connectivity index (χ4v) is 1.85. The van der Waals surface area contributed by atoms with E-state index in [1.807, 2.05) is 24.5 Å². The van der Waals surface area contributed by atoms with Gasteiger partial charge in [0.25, 0.3) is 0 Å². The molecule has 2 heterocycles. The van der Waals surface area contributed by atoms with Crippen molar-refractivity contribution >= 4 is 5.84 Å². The Labute approximate surface area is 90.0 Å². The van der Waals surface area contributed by atoms with Gasteiger partial charge in [0.1, 0.15) is 5.84 Å². The third kappa shape index (κ3) is 2.15. The fraction of sp³-hybridized carbons (Fsp3) is 0.455. The highest BCUT2D eigenvalue weighted by molar-refractivity contribution is 5.89. The van der Waals surface area contributed by atoms with Crippen molar-refractivity contribution in [3.05, 3.63) is 30.1 Å². The largest absolute Gasteiger partial charge is 0.370 e. The fourth-order valence-electron chi connectivity index (χ4n) is 1.85. The molecule has 0 bridgehead atoms. The van der Waals surface area contributed by atoms with Crippen LogP contribution in [-0.4, -0.2) is 42.9 Å². The smallest absolute Gasteiger partial charge is 0.119 e. The van der Waals surface area contributed by atoms with Gasteiger partial charge in [-0.15, -0.1) is 0 Å². The Hall–Kier alpha value is -1.42. The maximum absolute atomic E-state index is 4.48. The number of nitrogens with one attached hydrogen (secondary N) is 1. The van der Waals surface area contributed by atoms with Crippen LogP contribution in [0.1, 0.15) is 11.6 Å². The van der Waals surface area contributed by atoms with Crippen LogP contribution < -0.4 is 5.32 Å². The Morgan fingerprint density at radius 2 is 2.07 bits per heavy atom. The number of hydrogen-bond donors (Lipinski definition) is 1. The molecule has 80 valence electrons. The predicted molar refractivity (Wildman–Crippen MR) is 61.0 cm³/mol. The van der Waals surface area contributed by atoms with Crippen LogP contribution in [0.25, 0.3) is 0 Å². The average molecular weight is 204 g/mol. The van der Waals surface area contributed by atoms with Crippen LogP contribution in [0.5, 0.6) is 0 Å². The first kappa shape index (κ1) is 10.1. The zero-order valence-corrected chi connectivity index (χ0v) is 9.14. The van der Waals surface area contributed by atoms with Crippen LogP contribution in [0.2, 0.25) is 0 Å². The van der Waals surface area contributed by atoms with Crippen LogP contribution in [0, 0.1) is 0 Å². The monoisotopic (exact) mass is 204 g/mol. The van der Waals surface area contributed by atoms with Gasteiger partial charge in [-0.25, -0.2) is 0 Å². The second-order valence-electron chi connectivity index (χ2n) is 3.84. The summed E-state index contributed by atoms with van der Waals surface area (Å²) in [4.78, 5) is 10.7. The van der Waals surface area contributed by atoms with Crippen molar-refractivity contribution in [3.8, 4) is 0 Å². The standard InChI is InChI=1S/C11H16N4/c1-15(2)10(11-13-7-8-14-11)9-3-5-12-6-4-9/h3-6,10H,7-8H2,1-2H3,(H,13,14). The molecule has 0 radical (unpaired) electrons. The van der Waals surface area contributed by atoms with Gasteiger partial charge in [0, 0.05) is 18.9 Å². The number of aromatic nitrogens is 1. The van der Waals surface area contributed by atoms with E-state index in [4.69, 9.17) is 0 Å². The highest BCUT2D eigenvalue weighted by Gasteiger charge is 2.22. The van der Waals surface area contributed by atoms with Crippen molar-refractivity contribution in [1.29, 1.82) is 0 Å². The summed E-state index contributed by atoms with van der Waals surface area (Å²) in [5.41, 5.74) is 1.23. The highest BCUT2D eigenvalue weighted by Crippen LogP contribution is 2.19.